The van der Waals surface area contributed by atoms with Crippen LogP contribution >= 0.6 is 11.3 Å². The van der Waals surface area contributed by atoms with E-state index >= 15 is 0 Å². The van der Waals surface area contributed by atoms with E-state index in [2.05, 4.69) is 15.6 Å². The molecular formula is C39H54N6O6S. The van der Waals surface area contributed by atoms with Crippen LogP contribution in [0.4, 0.5) is 0 Å². The van der Waals surface area contributed by atoms with Gasteiger partial charge in [-0.1, -0.05) is 69.3 Å². The van der Waals surface area contributed by atoms with E-state index in [1.807, 2.05) is 81.7 Å². The van der Waals surface area contributed by atoms with Gasteiger partial charge in [0, 0.05) is 45.0 Å². The van der Waals surface area contributed by atoms with E-state index in [0.29, 0.717) is 26.1 Å². The number of aliphatic hydroxyl groups is 1. The van der Waals surface area contributed by atoms with Crippen LogP contribution in [-0.4, -0.2) is 82.6 Å². The second-order valence-corrected chi connectivity index (χ2v) is 15.6. The van der Waals surface area contributed by atoms with E-state index in [4.69, 9.17) is 16.2 Å². The molecule has 3 aromatic rings. The van der Waals surface area contributed by atoms with Crippen molar-refractivity contribution in [2.45, 2.75) is 103 Å². The van der Waals surface area contributed by atoms with Crippen LogP contribution in [0.3, 0.4) is 0 Å². The van der Waals surface area contributed by atoms with Gasteiger partial charge in [-0.15, -0.1) is 11.3 Å². The number of amides is 4. The summed E-state index contributed by atoms with van der Waals surface area (Å²) in [6, 6.07) is 14.0. The highest BCUT2D eigenvalue weighted by molar-refractivity contribution is 7.13. The molecule has 7 N–H and O–H groups in total. The molecule has 4 rings (SSSR count). The summed E-state index contributed by atoms with van der Waals surface area (Å²) in [6.07, 6.45) is 2.40. The summed E-state index contributed by atoms with van der Waals surface area (Å²) in [4.78, 5) is 58.2. The summed E-state index contributed by atoms with van der Waals surface area (Å²) in [5.41, 5.74) is 17.4. The maximum Gasteiger partial charge on any atom is 0.246 e. The number of thiazole rings is 1. The lowest BCUT2D eigenvalue weighted by Crippen LogP contribution is -2.57. The van der Waals surface area contributed by atoms with Gasteiger partial charge in [0.05, 0.1) is 28.8 Å². The van der Waals surface area contributed by atoms with Crippen molar-refractivity contribution in [1.82, 2.24) is 20.5 Å². The summed E-state index contributed by atoms with van der Waals surface area (Å²) in [7, 11) is 0. The fourth-order valence-electron chi connectivity index (χ4n) is 6.17. The molecule has 1 aliphatic rings. The molecule has 1 aromatic heterocycles. The minimum Gasteiger partial charge on any atom is -0.391 e. The maximum absolute atomic E-state index is 13.9. The zero-order chi connectivity index (χ0) is 37.8. The zero-order valence-corrected chi connectivity index (χ0v) is 31.5. The molecule has 0 radical (unpaired) electrons. The number of carbonyl (C=O) groups excluding carboxylic acids is 4. The molecule has 282 valence electrons. The Morgan fingerprint density at radius 1 is 1.02 bits per heavy atom. The first-order valence-corrected chi connectivity index (χ1v) is 18.8. The van der Waals surface area contributed by atoms with Crippen LogP contribution in [0.25, 0.3) is 10.4 Å². The van der Waals surface area contributed by atoms with Crippen molar-refractivity contribution in [3.63, 3.8) is 0 Å². The Morgan fingerprint density at radius 2 is 1.67 bits per heavy atom. The lowest BCUT2D eigenvalue weighted by atomic mass is 9.85. The number of ether oxygens (including phenoxy) is 1. The Labute approximate surface area is 310 Å². The number of carbonyl (C=O) groups is 4. The Morgan fingerprint density at radius 3 is 2.29 bits per heavy atom. The monoisotopic (exact) mass is 734 g/mol. The van der Waals surface area contributed by atoms with Crippen molar-refractivity contribution in [2.24, 2.45) is 16.9 Å². The predicted molar refractivity (Wildman–Crippen MR) is 202 cm³/mol. The topological polar surface area (TPSA) is 190 Å². The molecule has 1 aliphatic heterocycles. The summed E-state index contributed by atoms with van der Waals surface area (Å²) in [5.74, 6) is -1.36. The van der Waals surface area contributed by atoms with Crippen LogP contribution in [0.15, 0.2) is 54.0 Å². The Hall–Kier alpha value is -4.17. The average molecular weight is 735 g/mol. The molecule has 0 bridgehead atoms. The number of hydrogen-bond donors (Lipinski definition) is 5. The number of likely N-dealkylation sites (tertiary alicyclic amines) is 1. The lowest BCUT2D eigenvalue weighted by Gasteiger charge is -2.35. The van der Waals surface area contributed by atoms with Gasteiger partial charge in [-0.2, -0.15) is 0 Å². The molecule has 1 fully saturated rings. The first kappa shape index (κ1) is 40.6. The molecule has 0 aliphatic carbocycles. The molecule has 52 heavy (non-hydrogen) atoms. The molecule has 13 heteroatoms. The molecule has 0 spiro atoms. The largest absolute Gasteiger partial charge is 0.391 e. The summed E-state index contributed by atoms with van der Waals surface area (Å²) < 4.78 is 5.63. The molecule has 4 atom stereocenters. The number of rotatable bonds is 18. The summed E-state index contributed by atoms with van der Waals surface area (Å²) >= 11 is 1.58. The van der Waals surface area contributed by atoms with Crippen molar-refractivity contribution in [3.8, 4) is 10.4 Å². The van der Waals surface area contributed by atoms with Crippen LogP contribution in [-0.2, 0) is 43.3 Å². The van der Waals surface area contributed by atoms with Gasteiger partial charge in [0.25, 0.3) is 0 Å². The van der Waals surface area contributed by atoms with E-state index in [1.165, 1.54) is 4.90 Å². The van der Waals surface area contributed by atoms with E-state index in [1.54, 1.807) is 11.3 Å². The SMILES string of the molecule is Cc1ncsc1-c1ccc(CNC(=O)C2CC(O)CN2C(=O)C(NC(=O)CCc2ccc(CCCOCC(N)CCC(N)=O)cc2)C(C)(C)C)cc1. The van der Waals surface area contributed by atoms with Crippen molar-refractivity contribution in [1.29, 1.82) is 0 Å². The number of aromatic nitrogens is 1. The molecule has 4 amide bonds. The summed E-state index contributed by atoms with van der Waals surface area (Å²) in [5, 5.41) is 16.4. The average Bonchev–Trinajstić information content (AvgIpc) is 3.72. The number of nitrogens with one attached hydrogen (secondary N) is 2. The van der Waals surface area contributed by atoms with Gasteiger partial charge in [-0.25, -0.2) is 4.98 Å². The number of hydrogen-bond acceptors (Lipinski definition) is 9. The highest BCUT2D eigenvalue weighted by Crippen LogP contribution is 2.28. The van der Waals surface area contributed by atoms with Crippen molar-refractivity contribution >= 4 is 35.0 Å². The van der Waals surface area contributed by atoms with Gasteiger partial charge in [0.2, 0.25) is 23.6 Å². The Bertz CT molecular complexity index is 1640. The van der Waals surface area contributed by atoms with Crippen molar-refractivity contribution in [2.75, 3.05) is 19.8 Å². The van der Waals surface area contributed by atoms with Crippen LogP contribution in [0.2, 0.25) is 0 Å². The predicted octanol–water partition coefficient (Wildman–Crippen LogP) is 3.40. The number of aryl methyl sites for hydroxylation is 3. The number of β-amino-alcohol motifs (C(OH)–C–C–N with tert-alkyl or cyclic N) is 1. The van der Waals surface area contributed by atoms with Gasteiger partial charge >= 0.3 is 0 Å². The molecule has 4 unspecified atom stereocenters. The van der Waals surface area contributed by atoms with Crippen LogP contribution in [0.1, 0.15) is 75.3 Å². The third-order valence-corrected chi connectivity index (χ3v) is 10.2. The number of nitrogens with zero attached hydrogens (tertiary/aromatic N) is 2. The van der Waals surface area contributed by atoms with E-state index in [-0.39, 0.29) is 62.0 Å². The van der Waals surface area contributed by atoms with Crippen molar-refractivity contribution in [3.05, 3.63) is 76.4 Å². The highest BCUT2D eigenvalue weighted by atomic mass is 32.1. The molecule has 12 nitrogen and oxygen atoms in total. The van der Waals surface area contributed by atoms with Gasteiger partial charge in [0.15, 0.2) is 0 Å². The number of aliphatic hydroxyl groups excluding tert-OH is 1. The van der Waals surface area contributed by atoms with Gasteiger partial charge in [-0.3, -0.25) is 19.2 Å². The molecule has 2 heterocycles. The molecule has 2 aromatic carbocycles. The van der Waals surface area contributed by atoms with Crippen molar-refractivity contribution < 1.29 is 29.0 Å². The molecule has 0 saturated carbocycles. The fourth-order valence-corrected chi connectivity index (χ4v) is 6.98. The lowest BCUT2D eigenvalue weighted by molar-refractivity contribution is -0.144. The fraction of sp³-hybridized carbons (Fsp3) is 0.513. The minimum absolute atomic E-state index is 0.0191. The number of nitrogens with two attached hydrogens (primary N) is 2. The normalized spacial score (nSPS) is 17.1. The van der Waals surface area contributed by atoms with Crippen LogP contribution < -0.4 is 22.1 Å². The standard InChI is InChI=1S/C39H54N6O6S/c1-25-35(52-24-43-25)29-14-11-28(12-15-29)21-42-37(49)32-20-31(46)22-45(32)38(50)36(39(2,3)4)44-34(48)18-13-27-9-7-26(8-10-27)6-5-19-51-23-30(40)16-17-33(41)47/h7-12,14-15,24,30-32,36,46H,5-6,13,16-23,40H2,1-4H3,(H2,41,47)(H,42,49)(H,44,48). The van der Waals surface area contributed by atoms with Gasteiger partial charge in [0.1, 0.15) is 12.1 Å². The number of primary amides is 1. The smallest absolute Gasteiger partial charge is 0.246 e. The second kappa shape index (κ2) is 19.1. The van der Waals surface area contributed by atoms with Crippen LogP contribution in [0, 0.1) is 12.3 Å². The van der Waals surface area contributed by atoms with E-state index in [9.17, 15) is 24.3 Å². The van der Waals surface area contributed by atoms with Crippen LogP contribution in [0.5, 0.6) is 0 Å². The highest BCUT2D eigenvalue weighted by Gasteiger charge is 2.44. The first-order valence-electron chi connectivity index (χ1n) is 18.0. The third-order valence-electron chi connectivity index (χ3n) is 9.22. The number of benzene rings is 2. The van der Waals surface area contributed by atoms with Gasteiger partial charge < -0.3 is 36.8 Å². The molecular weight excluding hydrogens is 681 g/mol. The van der Waals surface area contributed by atoms with Gasteiger partial charge in [-0.05, 0) is 60.3 Å². The van der Waals surface area contributed by atoms with E-state index < -0.39 is 23.6 Å². The van der Waals surface area contributed by atoms with E-state index in [0.717, 1.165) is 45.7 Å². The maximum atomic E-state index is 13.9. The Kier molecular flexibility index (Phi) is 14.9. The second-order valence-electron chi connectivity index (χ2n) is 14.7. The molecule has 1 saturated heterocycles. The summed E-state index contributed by atoms with van der Waals surface area (Å²) in [6.45, 7) is 8.83. The zero-order valence-electron chi connectivity index (χ0n) is 30.7. The Balaban J connectivity index is 1.25. The minimum atomic E-state index is -0.884. The first-order chi connectivity index (χ1) is 24.7. The quantitative estimate of drug-likeness (QED) is 0.123. The third kappa shape index (κ3) is 12.2.